The minimum Gasteiger partial charge on any atom is -0.370 e. The van der Waals surface area contributed by atoms with Crippen LogP contribution in [0.4, 0.5) is 10.5 Å². The van der Waals surface area contributed by atoms with E-state index in [1.54, 1.807) is 4.90 Å². The van der Waals surface area contributed by atoms with Crippen LogP contribution in [0.25, 0.3) is 5.70 Å². The van der Waals surface area contributed by atoms with Crippen LogP contribution >= 0.6 is 0 Å². The molecule has 3 aliphatic rings. The lowest BCUT2D eigenvalue weighted by molar-refractivity contribution is 0.0929. The lowest BCUT2D eigenvalue weighted by atomic mass is 10.0. The number of hydrogen-bond acceptors (Lipinski definition) is 6. The third-order valence-electron chi connectivity index (χ3n) is 7.19. The third kappa shape index (κ3) is 6.80. The average molecular weight is 544 g/mol. The molecule has 1 fully saturated rings. The Bertz CT molecular complexity index is 1290. The van der Waals surface area contributed by atoms with Gasteiger partial charge in [-0.25, -0.2) is 4.79 Å². The van der Waals surface area contributed by atoms with E-state index in [9.17, 15) is 9.59 Å². The summed E-state index contributed by atoms with van der Waals surface area (Å²) in [6, 6.07) is 15.5. The number of carbonyl (C=O) groups is 2. The maximum Gasteiger partial charge on any atom is 0.327 e. The highest BCUT2D eigenvalue weighted by molar-refractivity contribution is 5.97. The molecule has 1 saturated heterocycles. The van der Waals surface area contributed by atoms with Gasteiger partial charge in [0.25, 0.3) is 5.91 Å². The van der Waals surface area contributed by atoms with Gasteiger partial charge in [0.2, 0.25) is 0 Å². The van der Waals surface area contributed by atoms with Crippen LogP contribution in [0.1, 0.15) is 40.7 Å². The fourth-order valence-electron chi connectivity index (χ4n) is 4.98. The molecule has 11 heteroatoms. The Morgan fingerprint density at radius 3 is 2.50 bits per heavy atom. The number of nitrogens with one attached hydrogen (secondary N) is 5. The van der Waals surface area contributed by atoms with Crippen molar-refractivity contribution in [1.29, 1.82) is 0 Å². The summed E-state index contributed by atoms with van der Waals surface area (Å²) in [5, 5.41) is 16.2. The molecular weight excluding hydrogens is 506 g/mol. The summed E-state index contributed by atoms with van der Waals surface area (Å²) in [6.45, 7) is 3.98. The second-order valence-corrected chi connectivity index (χ2v) is 10.2. The van der Waals surface area contributed by atoms with Gasteiger partial charge in [-0.1, -0.05) is 24.3 Å². The van der Waals surface area contributed by atoms with Crippen LogP contribution in [0.3, 0.4) is 0 Å². The quantitative estimate of drug-likeness (QED) is 0.135. The Morgan fingerprint density at radius 2 is 1.77 bits per heavy atom. The van der Waals surface area contributed by atoms with Crippen molar-refractivity contribution in [2.75, 3.05) is 31.1 Å². The molecule has 0 aliphatic carbocycles. The van der Waals surface area contributed by atoms with Crippen molar-refractivity contribution in [3.8, 4) is 0 Å². The molecule has 3 amide bonds. The van der Waals surface area contributed by atoms with Crippen LogP contribution in [0, 0.1) is 0 Å². The summed E-state index contributed by atoms with van der Waals surface area (Å²) in [4.78, 5) is 31.1. The number of anilines is 1. The normalized spacial score (nSPS) is 18.6. The zero-order chi connectivity index (χ0) is 27.9. The number of nitrogens with two attached hydrogens (primary N) is 2. The Kier molecular flexibility index (Phi) is 8.62. The number of hydrogen-bond donors (Lipinski definition) is 7. The summed E-state index contributed by atoms with van der Waals surface area (Å²) >= 11 is 0. The molecule has 0 radical (unpaired) electrons. The van der Waals surface area contributed by atoms with E-state index in [1.165, 1.54) is 0 Å². The molecule has 1 unspecified atom stereocenters. The van der Waals surface area contributed by atoms with Gasteiger partial charge in [-0.15, -0.1) is 0 Å². The highest BCUT2D eigenvalue weighted by Gasteiger charge is 2.31. The van der Waals surface area contributed by atoms with Crippen molar-refractivity contribution in [1.82, 2.24) is 26.6 Å². The van der Waals surface area contributed by atoms with Gasteiger partial charge in [0, 0.05) is 42.2 Å². The zero-order valence-electron chi connectivity index (χ0n) is 22.5. The first-order valence-corrected chi connectivity index (χ1v) is 13.7. The number of guanidine groups is 1. The van der Waals surface area contributed by atoms with Crippen molar-refractivity contribution in [3.63, 3.8) is 0 Å². The Hall–Kier alpha value is -4.35. The highest BCUT2D eigenvalue weighted by atomic mass is 16.2. The van der Waals surface area contributed by atoms with E-state index in [2.05, 4.69) is 31.6 Å². The minimum absolute atomic E-state index is 0.0456. The summed E-state index contributed by atoms with van der Waals surface area (Å²) < 4.78 is 0. The molecule has 0 aromatic heterocycles. The molecule has 3 aliphatic heterocycles. The highest BCUT2D eigenvalue weighted by Crippen LogP contribution is 2.28. The number of rotatable bonds is 10. The Labute approximate surface area is 234 Å². The largest absolute Gasteiger partial charge is 0.370 e. The van der Waals surface area contributed by atoms with Crippen molar-refractivity contribution < 1.29 is 9.59 Å². The van der Waals surface area contributed by atoms with E-state index in [4.69, 9.17) is 11.5 Å². The fraction of sp³-hybridized carbons (Fsp3) is 0.345. The lowest BCUT2D eigenvalue weighted by Gasteiger charge is -2.29. The Morgan fingerprint density at radius 1 is 1.02 bits per heavy atom. The van der Waals surface area contributed by atoms with Crippen LogP contribution in [-0.4, -0.2) is 56.3 Å². The van der Waals surface area contributed by atoms with E-state index < -0.39 is 0 Å². The van der Waals surface area contributed by atoms with Crippen LogP contribution in [-0.2, 0) is 6.54 Å². The van der Waals surface area contributed by atoms with Crippen molar-refractivity contribution in [3.05, 3.63) is 83.1 Å². The van der Waals surface area contributed by atoms with Crippen LogP contribution in [0.5, 0.6) is 0 Å². The average Bonchev–Trinajstić information content (AvgIpc) is 3.38. The number of nitrogens with zero attached hydrogens (tertiary/aromatic N) is 2. The van der Waals surface area contributed by atoms with Gasteiger partial charge in [0.1, 0.15) is 6.17 Å². The molecule has 1 atom stereocenters. The van der Waals surface area contributed by atoms with E-state index in [0.717, 1.165) is 67.0 Å². The predicted octanol–water partition coefficient (Wildman–Crippen LogP) is 1.31. The molecule has 0 spiro atoms. The Balaban J connectivity index is 1.18. The van der Waals surface area contributed by atoms with E-state index in [0.29, 0.717) is 18.7 Å². The first-order chi connectivity index (χ1) is 19.5. The van der Waals surface area contributed by atoms with Crippen molar-refractivity contribution in [2.24, 2.45) is 16.5 Å². The molecule has 9 N–H and O–H groups in total. The van der Waals surface area contributed by atoms with Gasteiger partial charge in [0.05, 0.1) is 5.69 Å². The maximum atomic E-state index is 12.9. The molecule has 40 heavy (non-hydrogen) atoms. The monoisotopic (exact) mass is 543 g/mol. The van der Waals surface area contributed by atoms with Gasteiger partial charge in [-0.3, -0.25) is 14.7 Å². The van der Waals surface area contributed by atoms with Gasteiger partial charge in [-0.2, -0.15) is 0 Å². The van der Waals surface area contributed by atoms with Crippen LogP contribution < -0.4 is 43.0 Å². The fourth-order valence-corrected chi connectivity index (χ4v) is 4.98. The van der Waals surface area contributed by atoms with Gasteiger partial charge >= 0.3 is 6.03 Å². The molecule has 0 saturated carbocycles. The van der Waals surface area contributed by atoms with Crippen LogP contribution in [0.15, 0.2) is 71.4 Å². The summed E-state index contributed by atoms with van der Waals surface area (Å²) in [5.41, 5.74) is 16.0. The van der Waals surface area contributed by atoms with Gasteiger partial charge in [-0.05, 0) is 80.4 Å². The predicted molar refractivity (Wildman–Crippen MR) is 157 cm³/mol. The molecule has 0 bridgehead atoms. The number of carbonyl (C=O) groups excluding carboxylic acids is 2. The zero-order valence-corrected chi connectivity index (χ0v) is 22.5. The maximum absolute atomic E-state index is 12.9. The van der Waals surface area contributed by atoms with Crippen LogP contribution in [0.2, 0.25) is 0 Å². The topological polar surface area (TPSA) is 162 Å². The first kappa shape index (κ1) is 27.2. The first-order valence-electron chi connectivity index (χ1n) is 13.7. The summed E-state index contributed by atoms with van der Waals surface area (Å²) in [5.74, 6) is 0.0669. The molecule has 3 heterocycles. The third-order valence-corrected chi connectivity index (χ3v) is 7.19. The molecular formula is C29H37N9O2. The second kappa shape index (κ2) is 12.7. The summed E-state index contributed by atoms with van der Waals surface area (Å²) in [7, 11) is 0. The number of fused-ring (bicyclic) bond motifs is 1. The smallest absolute Gasteiger partial charge is 0.327 e. The number of benzene rings is 2. The number of piperidine rings is 1. The summed E-state index contributed by atoms with van der Waals surface area (Å²) in [6.07, 6.45) is 6.33. The molecule has 2 aromatic rings. The van der Waals surface area contributed by atoms with E-state index in [1.807, 2.05) is 60.8 Å². The molecule has 210 valence electrons. The number of amides is 3. The van der Waals surface area contributed by atoms with E-state index >= 15 is 0 Å². The molecule has 5 rings (SSSR count). The standard InChI is InChI=1S/C29H37N9O2/c30-28(31)34-13-1-12-33-17-19-2-8-24(9-3-19)38-18-22-16-25(36-26(22)37-29(38)40)20-4-6-21(7-5-20)27(39)35-23-10-14-32-15-11-23/h2-9,16,18,23,26,32-33,36H,1,10-15,17H2,(H,35,39)(H,37,40)(H4,30,31,34). The SMILES string of the molecule is NC(N)=NCCCNCc1ccc(N2C=C3C=C(c4ccc(C(=O)NC5CCNCC5)cc4)NC3NC2=O)cc1. The van der Waals surface area contributed by atoms with Gasteiger partial charge in [0.15, 0.2) is 5.96 Å². The van der Waals surface area contributed by atoms with Gasteiger partial charge < -0.3 is 38.1 Å². The second-order valence-electron chi connectivity index (χ2n) is 10.2. The minimum atomic E-state index is -0.302. The number of aliphatic imine (C=N–C) groups is 1. The van der Waals surface area contributed by atoms with Crippen molar-refractivity contribution in [2.45, 2.75) is 38.0 Å². The number of urea groups is 1. The van der Waals surface area contributed by atoms with Crippen molar-refractivity contribution >= 4 is 29.3 Å². The molecule has 11 nitrogen and oxygen atoms in total. The lowest BCUT2D eigenvalue weighted by Crippen LogP contribution is -2.51. The molecule has 2 aromatic carbocycles. The van der Waals surface area contributed by atoms with E-state index in [-0.39, 0.29) is 30.1 Å².